The smallest absolute Gasteiger partial charge is 0.0456 e. The number of rotatable bonds is 4. The molecule has 20 heavy (non-hydrogen) atoms. The molecule has 2 heterocycles. The Morgan fingerprint density at radius 3 is 2.85 bits per heavy atom. The standard InChI is InChI=1S/C17H25N3/c1-13-6-8-20(9-7-13)12-15(18)10-14-11-19-17-5-3-2-4-16(14)17/h2-5,11,13,15,19H,6-10,12,18H2,1H3. The highest BCUT2D eigenvalue weighted by molar-refractivity contribution is 5.83. The molecule has 1 aromatic carbocycles. The van der Waals surface area contributed by atoms with Gasteiger partial charge in [0.2, 0.25) is 0 Å². The van der Waals surface area contributed by atoms with Crippen LogP contribution in [0.2, 0.25) is 0 Å². The predicted molar refractivity (Wildman–Crippen MR) is 84.8 cm³/mol. The highest BCUT2D eigenvalue weighted by Crippen LogP contribution is 2.20. The maximum atomic E-state index is 6.37. The van der Waals surface area contributed by atoms with E-state index in [2.05, 4.69) is 47.3 Å². The van der Waals surface area contributed by atoms with Crippen molar-refractivity contribution in [3.8, 4) is 0 Å². The Balaban J connectivity index is 1.60. The maximum absolute atomic E-state index is 6.37. The number of piperidine rings is 1. The lowest BCUT2D eigenvalue weighted by molar-refractivity contribution is 0.182. The summed E-state index contributed by atoms with van der Waals surface area (Å²) in [4.78, 5) is 5.86. The number of hydrogen-bond donors (Lipinski definition) is 2. The normalized spacial score (nSPS) is 19.5. The Labute approximate surface area is 121 Å². The summed E-state index contributed by atoms with van der Waals surface area (Å²) in [5.41, 5.74) is 8.92. The topological polar surface area (TPSA) is 45.0 Å². The first kappa shape index (κ1) is 13.7. The Morgan fingerprint density at radius 2 is 2.05 bits per heavy atom. The minimum Gasteiger partial charge on any atom is -0.361 e. The summed E-state index contributed by atoms with van der Waals surface area (Å²) in [6.45, 7) is 5.79. The van der Waals surface area contributed by atoms with Gasteiger partial charge in [0.05, 0.1) is 0 Å². The summed E-state index contributed by atoms with van der Waals surface area (Å²) in [5.74, 6) is 0.885. The summed E-state index contributed by atoms with van der Waals surface area (Å²) in [5, 5.41) is 1.32. The van der Waals surface area contributed by atoms with Crippen molar-refractivity contribution >= 4 is 10.9 Å². The van der Waals surface area contributed by atoms with E-state index in [0.29, 0.717) is 0 Å². The van der Waals surface area contributed by atoms with Crippen molar-refractivity contribution in [2.75, 3.05) is 19.6 Å². The van der Waals surface area contributed by atoms with Crippen LogP contribution < -0.4 is 5.73 Å². The minimum absolute atomic E-state index is 0.225. The zero-order valence-electron chi connectivity index (χ0n) is 12.3. The van der Waals surface area contributed by atoms with Gasteiger partial charge in [-0.2, -0.15) is 0 Å². The summed E-state index contributed by atoms with van der Waals surface area (Å²) in [6.07, 6.45) is 5.71. The Kier molecular flexibility index (Phi) is 4.08. The van der Waals surface area contributed by atoms with Gasteiger partial charge in [-0.3, -0.25) is 0 Å². The van der Waals surface area contributed by atoms with Gasteiger partial charge in [-0.25, -0.2) is 0 Å². The lowest BCUT2D eigenvalue weighted by Crippen LogP contribution is -2.42. The van der Waals surface area contributed by atoms with Crippen molar-refractivity contribution in [3.63, 3.8) is 0 Å². The zero-order chi connectivity index (χ0) is 13.9. The number of aromatic nitrogens is 1. The number of para-hydroxylation sites is 1. The van der Waals surface area contributed by atoms with E-state index in [1.807, 2.05) is 0 Å². The highest BCUT2D eigenvalue weighted by Gasteiger charge is 2.18. The van der Waals surface area contributed by atoms with Gasteiger partial charge < -0.3 is 15.6 Å². The monoisotopic (exact) mass is 271 g/mol. The molecule has 3 rings (SSSR count). The van der Waals surface area contributed by atoms with Crippen LogP contribution in [0.3, 0.4) is 0 Å². The molecule has 1 unspecified atom stereocenters. The van der Waals surface area contributed by atoms with E-state index >= 15 is 0 Å². The molecule has 2 aromatic rings. The van der Waals surface area contributed by atoms with Crippen LogP contribution in [0.25, 0.3) is 10.9 Å². The van der Waals surface area contributed by atoms with E-state index in [0.717, 1.165) is 18.9 Å². The third-order valence-corrected chi connectivity index (χ3v) is 4.53. The van der Waals surface area contributed by atoms with Crippen molar-refractivity contribution in [3.05, 3.63) is 36.0 Å². The molecular formula is C17H25N3. The number of hydrogen-bond acceptors (Lipinski definition) is 2. The van der Waals surface area contributed by atoms with Gasteiger partial charge in [-0.05, 0) is 49.9 Å². The molecule has 3 heteroatoms. The van der Waals surface area contributed by atoms with E-state index < -0.39 is 0 Å². The summed E-state index contributed by atoms with van der Waals surface area (Å²) >= 11 is 0. The van der Waals surface area contributed by atoms with Crippen molar-refractivity contribution in [2.45, 2.75) is 32.2 Å². The van der Waals surface area contributed by atoms with Crippen LogP contribution in [0, 0.1) is 5.92 Å². The van der Waals surface area contributed by atoms with E-state index in [-0.39, 0.29) is 6.04 Å². The summed E-state index contributed by atoms with van der Waals surface area (Å²) < 4.78 is 0. The van der Waals surface area contributed by atoms with E-state index in [9.17, 15) is 0 Å². The van der Waals surface area contributed by atoms with Crippen LogP contribution in [0.15, 0.2) is 30.5 Å². The van der Waals surface area contributed by atoms with Crippen LogP contribution >= 0.6 is 0 Å². The van der Waals surface area contributed by atoms with Crippen molar-refractivity contribution in [2.24, 2.45) is 11.7 Å². The number of fused-ring (bicyclic) bond motifs is 1. The van der Waals surface area contributed by atoms with Gasteiger partial charge in [0.1, 0.15) is 0 Å². The molecule has 0 amide bonds. The molecule has 3 nitrogen and oxygen atoms in total. The van der Waals surface area contributed by atoms with Gasteiger partial charge in [0, 0.05) is 29.7 Å². The van der Waals surface area contributed by atoms with Crippen LogP contribution in [0.1, 0.15) is 25.3 Å². The summed E-state index contributed by atoms with van der Waals surface area (Å²) in [6, 6.07) is 8.68. The van der Waals surface area contributed by atoms with Crippen LogP contribution in [0.4, 0.5) is 0 Å². The van der Waals surface area contributed by atoms with Crippen molar-refractivity contribution in [1.29, 1.82) is 0 Å². The number of H-pyrrole nitrogens is 1. The molecule has 1 aliphatic heterocycles. The van der Waals surface area contributed by atoms with E-state index in [4.69, 9.17) is 5.73 Å². The summed E-state index contributed by atoms with van der Waals surface area (Å²) in [7, 11) is 0. The van der Waals surface area contributed by atoms with E-state index in [1.165, 1.54) is 42.4 Å². The second-order valence-electron chi connectivity index (χ2n) is 6.31. The number of likely N-dealkylation sites (tertiary alicyclic amines) is 1. The second-order valence-corrected chi connectivity index (χ2v) is 6.31. The maximum Gasteiger partial charge on any atom is 0.0456 e. The van der Waals surface area contributed by atoms with Crippen LogP contribution in [0.5, 0.6) is 0 Å². The Bertz CT molecular complexity index is 552. The molecule has 1 aliphatic rings. The average Bonchev–Trinajstić information content (AvgIpc) is 2.85. The fourth-order valence-electron chi connectivity index (χ4n) is 3.22. The lowest BCUT2D eigenvalue weighted by Gasteiger charge is -2.32. The molecule has 3 N–H and O–H groups in total. The first-order valence-electron chi connectivity index (χ1n) is 7.75. The second kappa shape index (κ2) is 5.98. The minimum atomic E-state index is 0.225. The molecule has 1 fully saturated rings. The molecular weight excluding hydrogens is 246 g/mol. The number of nitrogens with zero attached hydrogens (tertiary/aromatic N) is 1. The van der Waals surface area contributed by atoms with Gasteiger partial charge in [-0.15, -0.1) is 0 Å². The lowest BCUT2D eigenvalue weighted by atomic mass is 9.98. The first-order valence-corrected chi connectivity index (χ1v) is 7.75. The van der Waals surface area contributed by atoms with Gasteiger partial charge >= 0.3 is 0 Å². The molecule has 1 aromatic heterocycles. The number of nitrogens with two attached hydrogens (primary N) is 1. The van der Waals surface area contributed by atoms with Gasteiger partial charge in [0.15, 0.2) is 0 Å². The molecule has 108 valence electrons. The Hall–Kier alpha value is -1.32. The van der Waals surface area contributed by atoms with Gasteiger partial charge in [-0.1, -0.05) is 25.1 Å². The molecule has 0 aliphatic carbocycles. The molecule has 1 atom stereocenters. The molecule has 0 spiro atoms. The first-order chi connectivity index (χ1) is 9.72. The largest absolute Gasteiger partial charge is 0.361 e. The average molecular weight is 271 g/mol. The fraction of sp³-hybridized carbons (Fsp3) is 0.529. The third-order valence-electron chi connectivity index (χ3n) is 4.53. The highest BCUT2D eigenvalue weighted by atomic mass is 15.1. The third kappa shape index (κ3) is 3.05. The fourth-order valence-corrected chi connectivity index (χ4v) is 3.22. The quantitative estimate of drug-likeness (QED) is 0.898. The SMILES string of the molecule is CC1CCN(CC(N)Cc2c[nH]c3ccccc23)CC1. The van der Waals surface area contributed by atoms with Crippen molar-refractivity contribution in [1.82, 2.24) is 9.88 Å². The van der Waals surface area contributed by atoms with Crippen molar-refractivity contribution < 1.29 is 0 Å². The molecule has 0 bridgehead atoms. The molecule has 0 saturated carbocycles. The molecule has 1 saturated heterocycles. The predicted octanol–water partition coefficient (Wildman–Crippen LogP) is 2.77. The van der Waals surface area contributed by atoms with Crippen LogP contribution in [-0.4, -0.2) is 35.6 Å². The number of aromatic amines is 1. The number of nitrogens with one attached hydrogen (secondary N) is 1. The Morgan fingerprint density at radius 1 is 1.30 bits per heavy atom. The van der Waals surface area contributed by atoms with Crippen LogP contribution in [-0.2, 0) is 6.42 Å². The van der Waals surface area contributed by atoms with Gasteiger partial charge in [0.25, 0.3) is 0 Å². The number of benzene rings is 1. The van der Waals surface area contributed by atoms with E-state index in [1.54, 1.807) is 0 Å². The zero-order valence-corrected chi connectivity index (χ0v) is 12.3. The molecule has 0 radical (unpaired) electrons.